The third-order valence-electron chi connectivity index (χ3n) is 3.62. The van der Waals surface area contributed by atoms with Gasteiger partial charge in [-0.05, 0) is 38.8 Å². The summed E-state index contributed by atoms with van der Waals surface area (Å²) in [7, 11) is 0. The number of Topliss-reactive ketones (excluding diaryl/α,β-unsaturated/α-hetero) is 1. The number of aromatic amines is 1. The van der Waals surface area contributed by atoms with Gasteiger partial charge >= 0.3 is 0 Å². The molecule has 6 heteroatoms. The molecule has 1 saturated heterocycles. The van der Waals surface area contributed by atoms with E-state index in [1.807, 2.05) is 13.8 Å². The molecule has 20 heavy (non-hydrogen) atoms. The molecule has 2 heterocycles. The Bertz CT molecular complexity index is 505. The van der Waals surface area contributed by atoms with Crippen LogP contribution in [0.4, 0.5) is 0 Å². The van der Waals surface area contributed by atoms with Crippen LogP contribution in [-0.4, -0.2) is 35.8 Å². The highest BCUT2D eigenvalue weighted by Crippen LogP contribution is 2.20. The molecule has 1 aliphatic rings. The van der Waals surface area contributed by atoms with Gasteiger partial charge in [0, 0.05) is 23.8 Å². The van der Waals surface area contributed by atoms with Gasteiger partial charge < -0.3 is 15.6 Å². The van der Waals surface area contributed by atoms with E-state index in [4.69, 9.17) is 0 Å². The summed E-state index contributed by atoms with van der Waals surface area (Å²) in [6.45, 7) is 7.09. The van der Waals surface area contributed by atoms with Crippen LogP contribution in [-0.2, 0) is 6.42 Å². The molecule has 3 N–H and O–H groups in total. The molecule has 1 unspecified atom stereocenters. The molecule has 5 nitrogen and oxygen atoms in total. The highest BCUT2D eigenvalue weighted by Gasteiger charge is 2.24. The smallest absolute Gasteiger partial charge is 0.268 e. The number of H-pyrrole nitrogens is 1. The summed E-state index contributed by atoms with van der Waals surface area (Å²) >= 11 is 0. The fourth-order valence-corrected chi connectivity index (χ4v) is 2.74. The number of rotatable bonds is 4. The molecule has 2 rings (SSSR count). The van der Waals surface area contributed by atoms with Gasteiger partial charge in [-0.2, -0.15) is 0 Å². The maximum atomic E-state index is 12.3. The second kappa shape index (κ2) is 6.90. The van der Waals surface area contributed by atoms with E-state index in [-0.39, 0.29) is 30.1 Å². The third-order valence-corrected chi connectivity index (χ3v) is 3.62. The van der Waals surface area contributed by atoms with Crippen LogP contribution in [0.15, 0.2) is 0 Å². The molecule has 0 bridgehead atoms. The molecule has 0 saturated carbocycles. The molecular formula is C14H22ClN3O2. The fraction of sp³-hybridized carbons (Fsp3) is 0.571. The fourth-order valence-electron chi connectivity index (χ4n) is 2.74. The Morgan fingerprint density at radius 3 is 2.60 bits per heavy atom. The minimum absolute atomic E-state index is 0. The van der Waals surface area contributed by atoms with Crippen molar-refractivity contribution >= 4 is 24.1 Å². The highest BCUT2D eigenvalue weighted by molar-refractivity contribution is 6.02. The van der Waals surface area contributed by atoms with Gasteiger partial charge in [-0.25, -0.2) is 0 Å². The zero-order valence-electron chi connectivity index (χ0n) is 12.1. The minimum atomic E-state index is -0.110. The third kappa shape index (κ3) is 3.22. The number of hydrogen-bond donors (Lipinski definition) is 3. The lowest BCUT2D eigenvalue weighted by molar-refractivity contribution is 0.0934. The average Bonchev–Trinajstić information content (AvgIpc) is 2.95. The Hall–Kier alpha value is -1.33. The first-order chi connectivity index (χ1) is 9.04. The van der Waals surface area contributed by atoms with Crippen molar-refractivity contribution in [3.63, 3.8) is 0 Å². The van der Waals surface area contributed by atoms with Crippen molar-refractivity contribution < 1.29 is 9.59 Å². The van der Waals surface area contributed by atoms with Crippen LogP contribution in [0.25, 0.3) is 0 Å². The first kappa shape index (κ1) is 16.7. The number of hydrogen-bond acceptors (Lipinski definition) is 3. The van der Waals surface area contributed by atoms with E-state index in [1.165, 1.54) is 6.92 Å². The van der Waals surface area contributed by atoms with Crippen molar-refractivity contribution in [2.24, 2.45) is 0 Å². The Morgan fingerprint density at radius 2 is 2.10 bits per heavy atom. The van der Waals surface area contributed by atoms with Crippen LogP contribution >= 0.6 is 12.4 Å². The summed E-state index contributed by atoms with van der Waals surface area (Å²) in [4.78, 5) is 27.0. The van der Waals surface area contributed by atoms with Crippen molar-refractivity contribution in [2.75, 3.05) is 13.1 Å². The monoisotopic (exact) mass is 299 g/mol. The van der Waals surface area contributed by atoms with Crippen molar-refractivity contribution in [1.82, 2.24) is 15.6 Å². The predicted molar refractivity (Wildman–Crippen MR) is 80.9 cm³/mol. The molecule has 1 atom stereocenters. The van der Waals surface area contributed by atoms with Crippen molar-refractivity contribution in [2.45, 2.75) is 39.7 Å². The molecule has 0 radical (unpaired) electrons. The van der Waals surface area contributed by atoms with Gasteiger partial charge in [0.2, 0.25) is 0 Å². The van der Waals surface area contributed by atoms with Crippen LogP contribution in [0.2, 0.25) is 0 Å². The van der Waals surface area contributed by atoms with Crippen LogP contribution < -0.4 is 10.6 Å². The maximum absolute atomic E-state index is 12.3. The minimum Gasteiger partial charge on any atom is -0.354 e. The number of ketones is 1. The van der Waals surface area contributed by atoms with Crippen molar-refractivity contribution in [3.8, 4) is 0 Å². The van der Waals surface area contributed by atoms with E-state index >= 15 is 0 Å². The summed E-state index contributed by atoms with van der Waals surface area (Å²) in [5.74, 6) is -0.103. The molecule has 112 valence electrons. The number of amides is 1. The Morgan fingerprint density at radius 1 is 1.40 bits per heavy atom. The van der Waals surface area contributed by atoms with Crippen LogP contribution in [0.3, 0.4) is 0 Å². The number of carbonyl (C=O) groups is 2. The van der Waals surface area contributed by atoms with E-state index in [1.54, 1.807) is 0 Å². The zero-order valence-corrected chi connectivity index (χ0v) is 12.9. The zero-order chi connectivity index (χ0) is 14.0. The van der Waals surface area contributed by atoms with E-state index in [9.17, 15) is 9.59 Å². The van der Waals surface area contributed by atoms with E-state index in [0.717, 1.165) is 30.8 Å². The SMILES string of the molecule is CCc1c(C(=O)NC2CCNC2)[nH]c(C)c1C(C)=O.Cl. The number of aromatic nitrogens is 1. The second-order valence-corrected chi connectivity index (χ2v) is 5.05. The van der Waals surface area contributed by atoms with Gasteiger partial charge in [0.25, 0.3) is 5.91 Å². The molecule has 1 fully saturated rings. The lowest BCUT2D eigenvalue weighted by Crippen LogP contribution is -2.36. The number of aryl methyl sites for hydroxylation is 1. The molecule has 0 aromatic carbocycles. The molecule has 1 aromatic heterocycles. The second-order valence-electron chi connectivity index (χ2n) is 5.05. The molecule has 1 aromatic rings. The normalized spacial score (nSPS) is 17.6. The first-order valence-electron chi connectivity index (χ1n) is 6.78. The van der Waals surface area contributed by atoms with Gasteiger partial charge in [0.05, 0.1) is 0 Å². The highest BCUT2D eigenvalue weighted by atomic mass is 35.5. The topological polar surface area (TPSA) is 74.0 Å². The van der Waals surface area contributed by atoms with Crippen LogP contribution in [0.5, 0.6) is 0 Å². The Labute approximate surface area is 125 Å². The predicted octanol–water partition coefficient (Wildman–Crippen LogP) is 1.60. The largest absolute Gasteiger partial charge is 0.354 e. The van der Waals surface area contributed by atoms with Crippen molar-refractivity contribution in [1.29, 1.82) is 0 Å². The molecule has 0 spiro atoms. The van der Waals surface area contributed by atoms with Gasteiger partial charge in [-0.15, -0.1) is 12.4 Å². The summed E-state index contributed by atoms with van der Waals surface area (Å²) in [5.41, 5.74) is 2.81. The average molecular weight is 300 g/mol. The van der Waals surface area contributed by atoms with Gasteiger partial charge in [0.1, 0.15) is 5.69 Å². The van der Waals surface area contributed by atoms with Gasteiger partial charge in [-0.1, -0.05) is 6.92 Å². The lowest BCUT2D eigenvalue weighted by Gasteiger charge is -2.11. The van der Waals surface area contributed by atoms with E-state index < -0.39 is 0 Å². The number of halogens is 1. The van der Waals surface area contributed by atoms with Crippen molar-refractivity contribution in [3.05, 3.63) is 22.5 Å². The standard InChI is InChI=1S/C14H21N3O2.ClH/c1-4-11-12(9(3)18)8(2)16-13(11)14(19)17-10-5-6-15-7-10;/h10,15-16H,4-7H2,1-3H3,(H,17,19);1H. The lowest BCUT2D eigenvalue weighted by atomic mass is 10.0. The Balaban J connectivity index is 0.00000200. The first-order valence-corrected chi connectivity index (χ1v) is 6.78. The van der Waals surface area contributed by atoms with Gasteiger partial charge in [0.15, 0.2) is 5.78 Å². The van der Waals surface area contributed by atoms with Crippen LogP contribution in [0, 0.1) is 6.92 Å². The molecule has 0 aliphatic carbocycles. The van der Waals surface area contributed by atoms with Gasteiger partial charge in [-0.3, -0.25) is 9.59 Å². The molecule has 1 aliphatic heterocycles. The summed E-state index contributed by atoms with van der Waals surface area (Å²) in [6, 6.07) is 0.182. The summed E-state index contributed by atoms with van der Waals surface area (Å²) in [5, 5.41) is 6.22. The number of nitrogens with one attached hydrogen (secondary N) is 3. The van der Waals surface area contributed by atoms with E-state index in [0.29, 0.717) is 17.7 Å². The number of carbonyl (C=O) groups excluding carboxylic acids is 2. The van der Waals surface area contributed by atoms with Crippen LogP contribution in [0.1, 0.15) is 52.4 Å². The quantitative estimate of drug-likeness (QED) is 0.739. The molecular weight excluding hydrogens is 278 g/mol. The summed E-state index contributed by atoms with van der Waals surface area (Å²) < 4.78 is 0. The Kier molecular flexibility index (Phi) is 5.77. The maximum Gasteiger partial charge on any atom is 0.268 e. The summed E-state index contributed by atoms with van der Waals surface area (Å²) in [6.07, 6.45) is 1.62. The molecule has 1 amide bonds. The van der Waals surface area contributed by atoms with E-state index in [2.05, 4.69) is 15.6 Å².